The number of amides is 1. The van der Waals surface area contributed by atoms with E-state index in [2.05, 4.69) is 5.32 Å². The molecule has 26 heavy (non-hydrogen) atoms. The van der Waals surface area contributed by atoms with E-state index in [0.29, 0.717) is 32.8 Å². The molecule has 0 aliphatic rings. The van der Waals surface area contributed by atoms with Crippen molar-refractivity contribution >= 4 is 40.9 Å². The first-order chi connectivity index (χ1) is 12.6. The summed E-state index contributed by atoms with van der Waals surface area (Å²) in [6.45, 7) is 0. The highest BCUT2D eigenvalue weighted by Gasteiger charge is 2.12. The van der Waals surface area contributed by atoms with Gasteiger partial charge in [-0.15, -0.1) is 0 Å². The van der Waals surface area contributed by atoms with Gasteiger partial charge < -0.3 is 9.73 Å². The van der Waals surface area contributed by atoms with E-state index in [4.69, 9.17) is 27.6 Å². The van der Waals surface area contributed by atoms with Crippen molar-refractivity contribution in [1.82, 2.24) is 0 Å². The summed E-state index contributed by atoms with van der Waals surface area (Å²) in [6.07, 6.45) is 1.38. The summed E-state index contributed by atoms with van der Waals surface area (Å²) >= 11 is 12.1. The zero-order valence-corrected chi connectivity index (χ0v) is 14.9. The van der Waals surface area contributed by atoms with Crippen molar-refractivity contribution in [2.75, 3.05) is 5.32 Å². The summed E-state index contributed by atoms with van der Waals surface area (Å²) in [5.41, 5.74) is 1.20. The Morgan fingerprint density at radius 1 is 1.08 bits per heavy atom. The van der Waals surface area contributed by atoms with E-state index in [9.17, 15) is 10.1 Å². The lowest BCUT2D eigenvalue weighted by molar-refractivity contribution is -0.112. The SMILES string of the molecule is N#C/C(=C\c1ccc(-c2ccc(Cl)cc2Cl)o1)C(=O)Nc1ccccc1. The number of nitrogens with one attached hydrogen (secondary N) is 1. The van der Waals surface area contributed by atoms with Gasteiger partial charge in [-0.1, -0.05) is 41.4 Å². The molecule has 1 aromatic heterocycles. The fourth-order valence-corrected chi connectivity index (χ4v) is 2.78. The molecule has 0 aliphatic carbocycles. The highest BCUT2D eigenvalue weighted by Crippen LogP contribution is 2.32. The lowest BCUT2D eigenvalue weighted by Crippen LogP contribution is -2.13. The van der Waals surface area contributed by atoms with Crippen LogP contribution in [0.5, 0.6) is 0 Å². The van der Waals surface area contributed by atoms with Crippen molar-refractivity contribution in [2.24, 2.45) is 0 Å². The molecule has 3 aromatic rings. The zero-order valence-electron chi connectivity index (χ0n) is 13.4. The molecule has 0 unspecified atom stereocenters. The molecule has 4 nitrogen and oxygen atoms in total. The Labute approximate surface area is 160 Å². The van der Waals surface area contributed by atoms with Crippen LogP contribution < -0.4 is 5.32 Å². The van der Waals surface area contributed by atoms with Crippen LogP contribution in [-0.2, 0) is 4.79 Å². The van der Waals surface area contributed by atoms with Gasteiger partial charge in [0.05, 0.1) is 5.02 Å². The van der Waals surface area contributed by atoms with Gasteiger partial charge in [0.25, 0.3) is 5.91 Å². The number of hydrogen-bond donors (Lipinski definition) is 1. The van der Waals surface area contributed by atoms with Crippen LogP contribution >= 0.6 is 23.2 Å². The topological polar surface area (TPSA) is 66.0 Å². The Kier molecular flexibility index (Phi) is 5.43. The van der Waals surface area contributed by atoms with Gasteiger partial charge >= 0.3 is 0 Å². The van der Waals surface area contributed by atoms with Gasteiger partial charge in [-0.3, -0.25) is 4.79 Å². The summed E-state index contributed by atoms with van der Waals surface area (Å²) in [4.78, 5) is 12.2. The molecule has 0 aliphatic heterocycles. The maximum Gasteiger partial charge on any atom is 0.266 e. The zero-order chi connectivity index (χ0) is 18.5. The number of anilines is 1. The van der Waals surface area contributed by atoms with Crippen LogP contribution in [0.3, 0.4) is 0 Å². The first-order valence-electron chi connectivity index (χ1n) is 7.60. The van der Waals surface area contributed by atoms with Crippen molar-refractivity contribution < 1.29 is 9.21 Å². The minimum absolute atomic E-state index is 0.0723. The average molecular weight is 383 g/mol. The second-order valence-electron chi connectivity index (χ2n) is 5.32. The highest BCUT2D eigenvalue weighted by atomic mass is 35.5. The minimum Gasteiger partial charge on any atom is -0.457 e. The number of halogens is 2. The van der Waals surface area contributed by atoms with Crippen LogP contribution in [0.4, 0.5) is 5.69 Å². The first-order valence-corrected chi connectivity index (χ1v) is 8.36. The van der Waals surface area contributed by atoms with Crippen LogP contribution in [0, 0.1) is 11.3 Å². The van der Waals surface area contributed by atoms with E-state index in [1.807, 2.05) is 12.1 Å². The molecule has 128 valence electrons. The number of nitrogens with zero attached hydrogens (tertiary/aromatic N) is 1. The van der Waals surface area contributed by atoms with Gasteiger partial charge in [0.2, 0.25) is 0 Å². The Hall–Kier alpha value is -3.00. The molecule has 0 spiro atoms. The largest absolute Gasteiger partial charge is 0.457 e. The molecular weight excluding hydrogens is 371 g/mol. The fourth-order valence-electron chi connectivity index (χ4n) is 2.28. The maximum absolute atomic E-state index is 12.2. The molecule has 0 fully saturated rings. The molecule has 2 aromatic carbocycles. The van der Waals surface area contributed by atoms with Gasteiger partial charge in [-0.05, 0) is 42.5 Å². The molecule has 0 atom stereocenters. The Bertz CT molecular complexity index is 1020. The monoisotopic (exact) mass is 382 g/mol. The van der Waals surface area contributed by atoms with Gasteiger partial charge in [-0.2, -0.15) is 5.26 Å². The molecule has 0 bridgehead atoms. The number of carbonyl (C=O) groups is 1. The molecule has 0 radical (unpaired) electrons. The summed E-state index contributed by atoms with van der Waals surface area (Å²) < 4.78 is 5.69. The summed E-state index contributed by atoms with van der Waals surface area (Å²) in [6, 6.07) is 19.2. The summed E-state index contributed by atoms with van der Waals surface area (Å²) in [5.74, 6) is 0.366. The van der Waals surface area contributed by atoms with E-state index >= 15 is 0 Å². The Morgan fingerprint density at radius 2 is 1.85 bits per heavy atom. The number of hydrogen-bond acceptors (Lipinski definition) is 3. The van der Waals surface area contributed by atoms with E-state index in [1.54, 1.807) is 54.6 Å². The van der Waals surface area contributed by atoms with E-state index in [1.165, 1.54) is 6.08 Å². The fraction of sp³-hybridized carbons (Fsp3) is 0. The number of benzene rings is 2. The second kappa shape index (κ2) is 7.92. The third-order valence-electron chi connectivity index (χ3n) is 3.51. The smallest absolute Gasteiger partial charge is 0.266 e. The summed E-state index contributed by atoms with van der Waals surface area (Å²) in [5, 5.41) is 12.9. The predicted molar refractivity (Wildman–Crippen MR) is 103 cm³/mol. The Balaban J connectivity index is 1.83. The number of carbonyl (C=O) groups excluding carboxylic acids is 1. The normalized spacial score (nSPS) is 11.0. The van der Waals surface area contributed by atoms with Crippen LogP contribution in [0.25, 0.3) is 17.4 Å². The van der Waals surface area contributed by atoms with Crippen molar-refractivity contribution in [3.05, 3.63) is 82.0 Å². The van der Waals surface area contributed by atoms with Crippen LogP contribution in [0.2, 0.25) is 10.0 Å². The Morgan fingerprint density at radius 3 is 2.54 bits per heavy atom. The van der Waals surface area contributed by atoms with Crippen molar-refractivity contribution in [2.45, 2.75) is 0 Å². The molecule has 0 saturated heterocycles. The van der Waals surface area contributed by atoms with Crippen molar-refractivity contribution in [1.29, 1.82) is 5.26 Å². The summed E-state index contributed by atoms with van der Waals surface area (Å²) in [7, 11) is 0. The standard InChI is InChI=1S/C20H12Cl2N2O2/c21-14-6-8-17(18(22)11-14)19-9-7-16(26-19)10-13(12-23)20(25)24-15-4-2-1-3-5-15/h1-11H,(H,24,25)/b13-10+. The van der Waals surface area contributed by atoms with Crippen LogP contribution in [0.15, 0.2) is 70.7 Å². The number of para-hydroxylation sites is 1. The van der Waals surface area contributed by atoms with Crippen LogP contribution in [0.1, 0.15) is 5.76 Å². The first kappa shape index (κ1) is 17.8. The maximum atomic E-state index is 12.2. The van der Waals surface area contributed by atoms with Gasteiger partial charge in [-0.25, -0.2) is 0 Å². The quantitative estimate of drug-likeness (QED) is 0.457. The number of rotatable bonds is 4. The molecular formula is C20H12Cl2N2O2. The third-order valence-corrected chi connectivity index (χ3v) is 4.05. The van der Waals surface area contributed by atoms with Gasteiger partial charge in [0.15, 0.2) is 0 Å². The van der Waals surface area contributed by atoms with Crippen molar-refractivity contribution in [3.63, 3.8) is 0 Å². The van der Waals surface area contributed by atoms with Gasteiger partial charge in [0.1, 0.15) is 23.2 Å². The third kappa shape index (κ3) is 4.15. The lowest BCUT2D eigenvalue weighted by atomic mass is 10.2. The molecule has 1 N–H and O–H groups in total. The van der Waals surface area contributed by atoms with E-state index < -0.39 is 5.91 Å². The van der Waals surface area contributed by atoms with Gasteiger partial charge in [0, 0.05) is 22.3 Å². The number of furan rings is 1. The van der Waals surface area contributed by atoms with Crippen molar-refractivity contribution in [3.8, 4) is 17.4 Å². The van der Waals surface area contributed by atoms with E-state index in [0.717, 1.165) is 0 Å². The molecule has 1 heterocycles. The molecule has 3 rings (SSSR count). The lowest BCUT2D eigenvalue weighted by Gasteiger charge is -2.03. The minimum atomic E-state index is -0.513. The predicted octanol–water partition coefficient (Wildman–Crippen LogP) is 5.80. The average Bonchev–Trinajstić information content (AvgIpc) is 3.08. The molecule has 1 amide bonds. The van der Waals surface area contributed by atoms with E-state index in [-0.39, 0.29) is 5.57 Å². The molecule has 0 saturated carbocycles. The molecule has 6 heteroatoms. The second-order valence-corrected chi connectivity index (χ2v) is 6.16. The highest BCUT2D eigenvalue weighted by molar-refractivity contribution is 6.36. The number of nitriles is 1. The van der Waals surface area contributed by atoms with Crippen LogP contribution in [-0.4, -0.2) is 5.91 Å².